The second-order valence-electron chi connectivity index (χ2n) is 4.04. The molecule has 1 aromatic heterocycles. The largest absolute Gasteiger partial charge is 0.343 e. The van der Waals surface area contributed by atoms with Crippen LogP contribution in [0.5, 0.6) is 0 Å². The van der Waals surface area contributed by atoms with E-state index >= 15 is 0 Å². The molecule has 2 aromatic carbocycles. The molecule has 0 amide bonds. The quantitative estimate of drug-likeness (QED) is 0.491. The summed E-state index contributed by atoms with van der Waals surface area (Å²) in [5.74, 6) is 0. The Kier molecular flexibility index (Phi) is 10.6. The van der Waals surface area contributed by atoms with E-state index in [1.54, 1.807) is 0 Å². The normalized spacial score (nSPS) is 9.19. The third-order valence-corrected chi connectivity index (χ3v) is 3.06. The van der Waals surface area contributed by atoms with Crippen molar-refractivity contribution in [2.45, 2.75) is 40.7 Å². The van der Waals surface area contributed by atoms with E-state index in [9.17, 15) is 0 Å². The molecule has 0 bridgehead atoms. The second-order valence-corrected chi connectivity index (χ2v) is 4.04. The summed E-state index contributed by atoms with van der Waals surface area (Å²) in [4.78, 5) is 0. The van der Waals surface area contributed by atoms with Gasteiger partial charge >= 0.3 is 0 Å². The zero-order valence-corrected chi connectivity index (χ0v) is 16.6. The van der Waals surface area contributed by atoms with Gasteiger partial charge in [0, 0.05) is 54.5 Å². The zero-order valence-electron chi connectivity index (χ0n) is 13.8. The molecule has 1 nitrogen and oxygen atoms in total. The molecule has 0 spiro atoms. The fourth-order valence-electron chi connectivity index (χ4n) is 2.40. The predicted molar refractivity (Wildman–Crippen MR) is 92.1 cm³/mol. The minimum absolute atomic E-state index is 0. The van der Waals surface area contributed by atoms with Gasteiger partial charge in [-0.05, 0) is 18.7 Å². The van der Waals surface area contributed by atoms with Crippen LogP contribution in [0.15, 0.2) is 48.5 Å². The van der Waals surface area contributed by atoms with Gasteiger partial charge in [0.25, 0.3) is 0 Å². The number of para-hydroxylation sites is 2. The van der Waals surface area contributed by atoms with E-state index in [1.165, 1.54) is 21.8 Å². The number of benzene rings is 2. The van der Waals surface area contributed by atoms with Crippen LogP contribution >= 0.6 is 0 Å². The smallest absolute Gasteiger partial charge is 0.0490 e. The Morgan fingerprint density at radius 3 is 1.52 bits per heavy atom. The number of hydrogen-bond acceptors (Lipinski definition) is 0. The summed E-state index contributed by atoms with van der Waals surface area (Å²) >= 11 is 0. The van der Waals surface area contributed by atoms with Crippen LogP contribution in [0, 0.1) is 6.92 Å². The molecule has 0 atom stereocenters. The Labute approximate surface area is 154 Å². The van der Waals surface area contributed by atoms with Crippen LogP contribution in [0.2, 0.25) is 0 Å². The number of aromatic nitrogens is 1. The SMILES string of the molecule is CC.CC.[CH2-]CCn1c2ccccc2c2ccccc21.[Y]. The van der Waals surface area contributed by atoms with E-state index < -0.39 is 0 Å². The van der Waals surface area contributed by atoms with Crippen LogP contribution < -0.4 is 0 Å². The number of fused-ring (bicyclic) bond motifs is 3. The van der Waals surface area contributed by atoms with Crippen LogP contribution in [0.25, 0.3) is 21.8 Å². The topological polar surface area (TPSA) is 4.93 Å². The first-order valence-corrected chi connectivity index (χ1v) is 7.67. The molecule has 3 aromatic rings. The second kappa shape index (κ2) is 11.0. The van der Waals surface area contributed by atoms with Gasteiger partial charge in [0.1, 0.15) is 0 Å². The molecule has 111 valence electrons. The van der Waals surface area contributed by atoms with Crippen LogP contribution in [-0.2, 0) is 39.3 Å². The maximum atomic E-state index is 3.95. The Hall–Kier alpha value is -0.656. The molecule has 0 fully saturated rings. The summed E-state index contributed by atoms with van der Waals surface area (Å²) in [7, 11) is 0. The summed E-state index contributed by atoms with van der Waals surface area (Å²) in [6.45, 7) is 12.9. The van der Waals surface area contributed by atoms with Gasteiger partial charge in [-0.25, -0.2) is 0 Å². The standard InChI is InChI=1S/C15H14N.2C2H6.Y/c1-2-11-16-14-9-5-3-7-12(14)13-8-4-6-10-15(13)16;2*1-2;/h3-10H,1-2,11H2;2*1-2H3;/q-1;;;. The van der Waals surface area contributed by atoms with Crippen LogP contribution in [0.3, 0.4) is 0 Å². The van der Waals surface area contributed by atoms with Crippen LogP contribution in [0.1, 0.15) is 34.1 Å². The molecular formula is C19H26NY-. The van der Waals surface area contributed by atoms with Crippen molar-refractivity contribution in [2.24, 2.45) is 0 Å². The summed E-state index contributed by atoms with van der Waals surface area (Å²) in [6.07, 6.45) is 0.919. The molecule has 1 radical (unpaired) electrons. The van der Waals surface area contributed by atoms with E-state index in [2.05, 4.69) is 60.0 Å². The van der Waals surface area contributed by atoms with Crippen molar-refractivity contribution in [1.29, 1.82) is 0 Å². The van der Waals surface area contributed by atoms with Gasteiger partial charge in [0.2, 0.25) is 0 Å². The van der Waals surface area contributed by atoms with Crippen molar-refractivity contribution in [1.82, 2.24) is 4.57 Å². The monoisotopic (exact) mass is 357 g/mol. The van der Waals surface area contributed by atoms with Crippen molar-refractivity contribution >= 4 is 21.8 Å². The van der Waals surface area contributed by atoms with Crippen molar-refractivity contribution in [2.75, 3.05) is 0 Å². The first kappa shape index (κ1) is 20.3. The molecule has 21 heavy (non-hydrogen) atoms. The Morgan fingerprint density at radius 1 is 0.762 bits per heavy atom. The van der Waals surface area contributed by atoms with Crippen molar-refractivity contribution in [3.63, 3.8) is 0 Å². The molecule has 0 N–H and O–H groups in total. The molecule has 0 unspecified atom stereocenters. The van der Waals surface area contributed by atoms with E-state index in [4.69, 9.17) is 0 Å². The van der Waals surface area contributed by atoms with Crippen LogP contribution in [0.4, 0.5) is 0 Å². The summed E-state index contributed by atoms with van der Waals surface area (Å²) in [5, 5.41) is 2.68. The van der Waals surface area contributed by atoms with E-state index in [1.807, 2.05) is 27.7 Å². The van der Waals surface area contributed by atoms with E-state index in [0.717, 1.165) is 13.0 Å². The number of nitrogens with zero attached hydrogens (tertiary/aromatic N) is 1. The average Bonchev–Trinajstić information content (AvgIpc) is 2.87. The molecule has 2 heteroatoms. The van der Waals surface area contributed by atoms with Gasteiger partial charge < -0.3 is 11.5 Å². The van der Waals surface area contributed by atoms with Crippen LogP contribution in [-0.4, -0.2) is 4.57 Å². The fourth-order valence-corrected chi connectivity index (χ4v) is 2.40. The molecule has 0 saturated carbocycles. The molecule has 0 aliphatic heterocycles. The summed E-state index contributed by atoms with van der Waals surface area (Å²) < 4.78 is 2.36. The van der Waals surface area contributed by atoms with Gasteiger partial charge in [-0.1, -0.05) is 64.1 Å². The molecular weight excluding hydrogens is 331 g/mol. The van der Waals surface area contributed by atoms with Crippen molar-refractivity contribution in [3.8, 4) is 0 Å². The molecule has 1 heterocycles. The van der Waals surface area contributed by atoms with Crippen molar-refractivity contribution in [3.05, 3.63) is 55.5 Å². The third kappa shape index (κ3) is 4.41. The van der Waals surface area contributed by atoms with Gasteiger partial charge in [0.15, 0.2) is 0 Å². The van der Waals surface area contributed by atoms with Crippen molar-refractivity contribution < 1.29 is 32.7 Å². The maximum Gasteiger partial charge on any atom is 0.0490 e. The fraction of sp³-hybridized carbons (Fsp3) is 0.316. The predicted octanol–water partition coefficient (Wildman–Crippen LogP) is 6.07. The van der Waals surface area contributed by atoms with Gasteiger partial charge in [-0.3, -0.25) is 0 Å². The summed E-state index contributed by atoms with van der Waals surface area (Å²) in [5.41, 5.74) is 2.62. The minimum atomic E-state index is 0. The van der Waals surface area contributed by atoms with E-state index in [-0.39, 0.29) is 32.7 Å². The van der Waals surface area contributed by atoms with Gasteiger partial charge in [-0.15, -0.1) is 0 Å². The molecule has 0 saturated heterocycles. The third-order valence-electron chi connectivity index (χ3n) is 3.06. The number of aryl methyl sites for hydroxylation is 1. The van der Waals surface area contributed by atoms with Gasteiger partial charge in [-0.2, -0.15) is 6.42 Å². The Balaban J connectivity index is 0.000000741. The number of rotatable bonds is 2. The first-order chi connectivity index (χ1) is 9.92. The zero-order chi connectivity index (χ0) is 15.0. The summed E-state index contributed by atoms with van der Waals surface area (Å²) in [6, 6.07) is 17.2. The maximum absolute atomic E-state index is 3.95. The first-order valence-electron chi connectivity index (χ1n) is 7.67. The van der Waals surface area contributed by atoms with Gasteiger partial charge in [0.05, 0.1) is 0 Å². The number of hydrogen-bond donors (Lipinski definition) is 0. The molecule has 0 aliphatic carbocycles. The Morgan fingerprint density at radius 2 is 1.14 bits per heavy atom. The molecule has 0 aliphatic rings. The average molecular weight is 357 g/mol. The Bertz CT molecular complexity index is 587. The molecule has 3 rings (SSSR count). The van der Waals surface area contributed by atoms with E-state index in [0.29, 0.717) is 0 Å². The minimum Gasteiger partial charge on any atom is -0.343 e.